The fourth-order valence-corrected chi connectivity index (χ4v) is 4.80. The lowest BCUT2D eigenvalue weighted by Crippen LogP contribution is -2.14. The number of anilines is 1. The van der Waals surface area contributed by atoms with E-state index in [1.54, 1.807) is 29.0 Å². The van der Waals surface area contributed by atoms with Gasteiger partial charge in [0.2, 0.25) is 0 Å². The van der Waals surface area contributed by atoms with Crippen LogP contribution in [0.15, 0.2) is 36.0 Å². The fourth-order valence-electron chi connectivity index (χ4n) is 3.02. The average Bonchev–Trinajstić information content (AvgIpc) is 3.46. The summed E-state index contributed by atoms with van der Waals surface area (Å²) in [4.78, 5) is 42.3. The van der Waals surface area contributed by atoms with E-state index in [9.17, 15) is 14.4 Å². The van der Waals surface area contributed by atoms with Gasteiger partial charge in [-0.15, -0.1) is 22.7 Å². The molecule has 9 nitrogen and oxygen atoms in total. The highest BCUT2D eigenvalue weighted by Gasteiger charge is 2.26. The van der Waals surface area contributed by atoms with Gasteiger partial charge in [-0.3, -0.25) is 9.59 Å². The minimum Gasteiger partial charge on any atom is -0.465 e. The van der Waals surface area contributed by atoms with E-state index in [1.807, 2.05) is 23.6 Å². The number of thiophene rings is 2. The van der Waals surface area contributed by atoms with Gasteiger partial charge < -0.3 is 15.8 Å². The Balaban J connectivity index is 1.74. The van der Waals surface area contributed by atoms with Crippen LogP contribution in [0.4, 0.5) is 5.00 Å². The molecule has 0 fully saturated rings. The summed E-state index contributed by atoms with van der Waals surface area (Å²) in [6.07, 6.45) is 3.01. The molecule has 4 aromatic rings. The van der Waals surface area contributed by atoms with E-state index in [0.717, 1.165) is 21.9 Å². The van der Waals surface area contributed by atoms with E-state index >= 15 is 0 Å². The number of carbonyl (C=O) groups excluding carboxylic acids is 3. The Bertz CT molecular complexity index is 1290. The van der Waals surface area contributed by atoms with Crippen molar-refractivity contribution in [2.24, 2.45) is 5.73 Å². The van der Waals surface area contributed by atoms with E-state index in [-0.39, 0.29) is 21.0 Å². The Morgan fingerprint density at radius 1 is 1.27 bits per heavy atom. The predicted octanol–water partition coefficient (Wildman–Crippen LogP) is 2.97. The number of nitrogens with zero attached hydrogens (tertiary/aromatic N) is 3. The van der Waals surface area contributed by atoms with Crippen molar-refractivity contribution < 1.29 is 19.1 Å². The highest BCUT2D eigenvalue weighted by Crippen LogP contribution is 2.34. The van der Waals surface area contributed by atoms with E-state index in [4.69, 9.17) is 10.5 Å². The number of hydrogen-bond donors (Lipinski definition) is 2. The van der Waals surface area contributed by atoms with Gasteiger partial charge in [0.1, 0.15) is 10.6 Å². The number of primary amides is 1. The number of esters is 1. The van der Waals surface area contributed by atoms with Gasteiger partial charge in [-0.25, -0.2) is 14.3 Å². The molecule has 4 heterocycles. The second-order valence-electron chi connectivity index (χ2n) is 6.17. The van der Waals surface area contributed by atoms with Crippen molar-refractivity contribution in [3.05, 3.63) is 57.5 Å². The quantitative estimate of drug-likeness (QED) is 0.458. The second kappa shape index (κ2) is 7.69. The molecule has 30 heavy (non-hydrogen) atoms. The smallest absolute Gasteiger partial charge is 0.341 e. The topological polar surface area (TPSA) is 129 Å². The first-order chi connectivity index (χ1) is 14.4. The predicted molar refractivity (Wildman–Crippen MR) is 113 cm³/mol. The van der Waals surface area contributed by atoms with Crippen LogP contribution >= 0.6 is 22.7 Å². The number of fused-ring (bicyclic) bond motifs is 1. The van der Waals surface area contributed by atoms with Gasteiger partial charge in [-0.1, -0.05) is 6.07 Å². The molecule has 0 aliphatic rings. The zero-order chi connectivity index (χ0) is 21.4. The van der Waals surface area contributed by atoms with Crippen molar-refractivity contribution in [3.63, 3.8) is 0 Å². The monoisotopic (exact) mass is 441 g/mol. The average molecular weight is 441 g/mol. The SMILES string of the molecule is COC(=O)c1c(NC(=O)c2cnn3c(-c4cccs4)ccnc23)sc(C(N)=O)c1C. The van der Waals surface area contributed by atoms with Crippen LogP contribution < -0.4 is 11.1 Å². The molecule has 0 spiro atoms. The zero-order valence-corrected chi connectivity index (χ0v) is 17.5. The molecule has 0 aliphatic heterocycles. The molecule has 0 unspecified atom stereocenters. The normalized spacial score (nSPS) is 10.9. The number of nitrogens with two attached hydrogens (primary N) is 1. The molecular weight excluding hydrogens is 426 g/mol. The minimum atomic E-state index is -0.693. The molecule has 0 aromatic carbocycles. The van der Waals surface area contributed by atoms with Gasteiger partial charge in [-0.2, -0.15) is 5.10 Å². The van der Waals surface area contributed by atoms with Gasteiger partial charge in [0.05, 0.1) is 34.3 Å². The maximum Gasteiger partial charge on any atom is 0.341 e. The molecule has 0 radical (unpaired) electrons. The third-order valence-corrected chi connectivity index (χ3v) is 6.52. The molecule has 2 amide bonds. The highest BCUT2D eigenvalue weighted by atomic mass is 32.1. The van der Waals surface area contributed by atoms with Gasteiger partial charge >= 0.3 is 5.97 Å². The summed E-state index contributed by atoms with van der Waals surface area (Å²) >= 11 is 2.46. The summed E-state index contributed by atoms with van der Waals surface area (Å²) in [6, 6.07) is 5.68. The van der Waals surface area contributed by atoms with Gasteiger partial charge in [0.25, 0.3) is 11.8 Å². The highest BCUT2D eigenvalue weighted by molar-refractivity contribution is 7.18. The number of rotatable bonds is 5. The number of nitrogens with one attached hydrogen (secondary N) is 1. The van der Waals surface area contributed by atoms with Crippen molar-refractivity contribution in [1.29, 1.82) is 0 Å². The van der Waals surface area contributed by atoms with Crippen LogP contribution in [0.5, 0.6) is 0 Å². The number of amides is 2. The summed E-state index contributed by atoms with van der Waals surface area (Å²) in [6.45, 7) is 1.57. The molecule has 0 saturated carbocycles. The molecule has 0 aliphatic carbocycles. The van der Waals surface area contributed by atoms with Crippen LogP contribution in [-0.2, 0) is 4.74 Å². The second-order valence-corrected chi connectivity index (χ2v) is 8.14. The molecule has 0 bridgehead atoms. The molecule has 11 heteroatoms. The summed E-state index contributed by atoms with van der Waals surface area (Å²) < 4.78 is 6.37. The lowest BCUT2D eigenvalue weighted by molar-refractivity contribution is 0.0601. The van der Waals surface area contributed by atoms with Crippen molar-refractivity contribution in [2.75, 3.05) is 12.4 Å². The molecule has 152 valence electrons. The maximum absolute atomic E-state index is 13.0. The number of aromatic nitrogens is 3. The third kappa shape index (κ3) is 3.23. The van der Waals surface area contributed by atoms with Crippen LogP contribution in [-0.4, -0.2) is 39.5 Å². The first-order valence-electron chi connectivity index (χ1n) is 8.61. The van der Waals surface area contributed by atoms with Crippen molar-refractivity contribution in [1.82, 2.24) is 14.6 Å². The molecule has 0 atom stereocenters. The van der Waals surface area contributed by atoms with Gasteiger partial charge in [0, 0.05) is 6.20 Å². The lowest BCUT2D eigenvalue weighted by Gasteiger charge is -2.06. The lowest BCUT2D eigenvalue weighted by atomic mass is 10.1. The van der Waals surface area contributed by atoms with Crippen LogP contribution in [0, 0.1) is 6.92 Å². The molecule has 0 saturated heterocycles. The van der Waals surface area contributed by atoms with Crippen molar-refractivity contribution in [3.8, 4) is 10.6 Å². The number of methoxy groups -OCH3 is 1. The standard InChI is InChI=1S/C19H15N5O4S2/c1-9-13(19(27)28-2)18(30-14(9)15(20)25)23-17(26)10-8-22-24-11(5-6-21-16(10)24)12-4-3-7-29-12/h3-8H,1-2H3,(H2,20,25)(H,23,26). The van der Waals surface area contributed by atoms with E-state index in [0.29, 0.717) is 11.2 Å². The Hall–Kier alpha value is -3.57. The maximum atomic E-state index is 13.0. The first-order valence-corrected chi connectivity index (χ1v) is 10.3. The van der Waals surface area contributed by atoms with E-state index < -0.39 is 17.8 Å². The van der Waals surface area contributed by atoms with Crippen LogP contribution in [0.2, 0.25) is 0 Å². The van der Waals surface area contributed by atoms with Gasteiger partial charge in [-0.05, 0) is 30.0 Å². The Labute approximate surface area is 178 Å². The van der Waals surface area contributed by atoms with Crippen LogP contribution in [0.25, 0.3) is 16.2 Å². The van der Waals surface area contributed by atoms with Crippen LogP contribution in [0.3, 0.4) is 0 Å². The largest absolute Gasteiger partial charge is 0.465 e. The fraction of sp³-hybridized carbons (Fsp3) is 0.105. The first kappa shape index (κ1) is 19.7. The molecule has 3 N–H and O–H groups in total. The van der Waals surface area contributed by atoms with Crippen molar-refractivity contribution >= 4 is 51.1 Å². The molecule has 4 aromatic heterocycles. The van der Waals surface area contributed by atoms with E-state index in [1.165, 1.54) is 13.3 Å². The molecule has 4 rings (SSSR count). The summed E-state index contributed by atoms with van der Waals surface area (Å²) in [5.41, 5.74) is 7.21. The Kier molecular flexibility index (Phi) is 5.06. The zero-order valence-electron chi connectivity index (χ0n) is 15.8. The Morgan fingerprint density at radius 3 is 2.73 bits per heavy atom. The van der Waals surface area contributed by atoms with Crippen molar-refractivity contribution in [2.45, 2.75) is 6.92 Å². The van der Waals surface area contributed by atoms with Gasteiger partial charge in [0.15, 0.2) is 5.65 Å². The van der Waals surface area contributed by atoms with E-state index in [2.05, 4.69) is 15.4 Å². The van der Waals surface area contributed by atoms with Crippen LogP contribution in [0.1, 0.15) is 36.0 Å². The number of hydrogen-bond acceptors (Lipinski definition) is 8. The summed E-state index contributed by atoms with van der Waals surface area (Å²) in [7, 11) is 1.22. The Morgan fingerprint density at radius 2 is 2.07 bits per heavy atom. The summed E-state index contributed by atoms with van der Waals surface area (Å²) in [5, 5.41) is 9.09. The summed E-state index contributed by atoms with van der Waals surface area (Å²) in [5.74, 6) is -1.89. The molecular formula is C19H15N5O4S2. The third-order valence-electron chi connectivity index (χ3n) is 4.41. The minimum absolute atomic E-state index is 0.0911. The number of ether oxygens (including phenoxy) is 1. The number of carbonyl (C=O) groups is 3.